The molecule has 1 saturated heterocycles. The van der Waals surface area contributed by atoms with Gasteiger partial charge in [0, 0.05) is 60.6 Å². The molecule has 4 heterocycles. The Morgan fingerprint density at radius 2 is 1.84 bits per heavy atom. The molecule has 0 radical (unpaired) electrons. The van der Waals surface area contributed by atoms with E-state index in [1.165, 1.54) is 0 Å². The standard InChI is InChI=1S/C22H25FN8O/c1-13-10-15-16(24-13)4-5-17(21(15)23)32-20-12-19(31-8-6-30(3)7-9-31)26-22(27-20)25-18-11-14(2)28-29-18/h4-5,10-12,24H,6-9H2,1-3H3,(H2,25,26,27,28,29). The van der Waals surface area contributed by atoms with E-state index in [1.807, 2.05) is 19.9 Å². The van der Waals surface area contributed by atoms with Gasteiger partial charge < -0.3 is 24.8 Å². The maximum absolute atomic E-state index is 15.1. The van der Waals surface area contributed by atoms with Crippen LogP contribution in [0.15, 0.2) is 30.3 Å². The number of nitrogens with zero attached hydrogens (tertiary/aromatic N) is 5. The predicted octanol–water partition coefficient (Wildman–Crippen LogP) is 3.72. The number of aromatic amines is 2. The molecule has 166 valence electrons. The van der Waals surface area contributed by atoms with Gasteiger partial charge in [-0.05, 0) is 39.1 Å². The van der Waals surface area contributed by atoms with E-state index in [2.05, 4.69) is 47.3 Å². The number of benzene rings is 1. The van der Waals surface area contributed by atoms with Crippen LogP contribution in [-0.4, -0.2) is 63.3 Å². The summed E-state index contributed by atoms with van der Waals surface area (Å²) in [7, 11) is 2.10. The number of halogens is 1. The molecule has 5 rings (SSSR count). The maximum atomic E-state index is 15.1. The number of fused-ring (bicyclic) bond motifs is 1. The molecule has 10 heteroatoms. The Labute approximate surface area is 184 Å². The van der Waals surface area contributed by atoms with Crippen LogP contribution >= 0.6 is 0 Å². The van der Waals surface area contributed by atoms with Crippen LogP contribution < -0.4 is 15.0 Å². The minimum absolute atomic E-state index is 0.112. The molecular formula is C22H25FN8O. The Morgan fingerprint density at radius 3 is 2.59 bits per heavy atom. The van der Waals surface area contributed by atoms with Gasteiger partial charge in [0.25, 0.3) is 0 Å². The molecule has 1 fully saturated rings. The lowest BCUT2D eigenvalue weighted by molar-refractivity contribution is 0.312. The van der Waals surface area contributed by atoms with E-state index in [9.17, 15) is 0 Å². The van der Waals surface area contributed by atoms with Crippen molar-refractivity contribution in [3.8, 4) is 11.6 Å². The fourth-order valence-corrected chi connectivity index (χ4v) is 3.79. The van der Waals surface area contributed by atoms with Gasteiger partial charge in [-0.25, -0.2) is 4.39 Å². The van der Waals surface area contributed by atoms with Crippen molar-refractivity contribution in [1.29, 1.82) is 0 Å². The van der Waals surface area contributed by atoms with E-state index in [1.54, 1.807) is 24.3 Å². The second-order valence-corrected chi connectivity index (χ2v) is 8.13. The molecule has 3 aromatic heterocycles. The number of hydrogen-bond acceptors (Lipinski definition) is 7. The molecule has 1 aliphatic rings. The molecule has 4 aromatic rings. The summed E-state index contributed by atoms with van der Waals surface area (Å²) in [5, 5.41) is 10.7. The van der Waals surface area contributed by atoms with Crippen LogP contribution in [0, 0.1) is 19.7 Å². The number of nitrogens with one attached hydrogen (secondary N) is 3. The number of anilines is 3. The zero-order valence-corrected chi connectivity index (χ0v) is 18.2. The van der Waals surface area contributed by atoms with Gasteiger partial charge in [0.15, 0.2) is 17.4 Å². The summed E-state index contributed by atoms with van der Waals surface area (Å²) in [6.45, 7) is 7.32. The summed E-state index contributed by atoms with van der Waals surface area (Å²) in [6.07, 6.45) is 0. The zero-order valence-electron chi connectivity index (χ0n) is 18.2. The number of likely N-dealkylation sites (N-methyl/N-ethyl adjacent to an activating group) is 1. The summed E-state index contributed by atoms with van der Waals surface area (Å²) in [6, 6.07) is 8.77. The summed E-state index contributed by atoms with van der Waals surface area (Å²) >= 11 is 0. The minimum atomic E-state index is -0.427. The topological polar surface area (TPSA) is 98.0 Å². The van der Waals surface area contributed by atoms with Gasteiger partial charge in [-0.1, -0.05) is 0 Å². The highest BCUT2D eigenvalue weighted by atomic mass is 19.1. The maximum Gasteiger partial charge on any atom is 0.233 e. The average Bonchev–Trinajstić information content (AvgIpc) is 3.35. The number of hydrogen-bond donors (Lipinski definition) is 3. The van der Waals surface area contributed by atoms with Crippen LogP contribution in [-0.2, 0) is 0 Å². The van der Waals surface area contributed by atoms with Crippen LogP contribution in [0.4, 0.5) is 22.0 Å². The van der Waals surface area contributed by atoms with Gasteiger partial charge >= 0.3 is 0 Å². The third kappa shape index (κ3) is 4.09. The smallest absolute Gasteiger partial charge is 0.233 e. The highest BCUT2D eigenvalue weighted by Gasteiger charge is 2.19. The lowest BCUT2D eigenvalue weighted by Crippen LogP contribution is -2.44. The number of H-pyrrole nitrogens is 2. The first-order valence-electron chi connectivity index (χ1n) is 10.5. The number of ether oxygens (including phenoxy) is 1. The van der Waals surface area contributed by atoms with E-state index in [-0.39, 0.29) is 11.6 Å². The fraction of sp³-hybridized carbons (Fsp3) is 0.318. The third-order valence-electron chi connectivity index (χ3n) is 5.51. The molecule has 0 unspecified atom stereocenters. The minimum Gasteiger partial charge on any atom is -0.436 e. The molecule has 0 aliphatic carbocycles. The molecule has 1 aliphatic heterocycles. The van der Waals surface area contributed by atoms with Crippen molar-refractivity contribution < 1.29 is 9.13 Å². The van der Waals surface area contributed by atoms with Crippen LogP contribution in [0.3, 0.4) is 0 Å². The van der Waals surface area contributed by atoms with Crippen molar-refractivity contribution in [1.82, 2.24) is 30.0 Å². The quantitative estimate of drug-likeness (QED) is 0.439. The normalized spacial score (nSPS) is 14.8. The Kier molecular flexibility index (Phi) is 5.14. The zero-order chi connectivity index (χ0) is 22.2. The second kappa shape index (κ2) is 8.12. The Balaban J connectivity index is 1.49. The van der Waals surface area contributed by atoms with Crippen LogP contribution in [0.5, 0.6) is 11.6 Å². The van der Waals surface area contributed by atoms with Crippen molar-refractivity contribution >= 4 is 28.5 Å². The van der Waals surface area contributed by atoms with Crippen molar-refractivity contribution in [2.75, 3.05) is 43.4 Å². The molecule has 0 bridgehead atoms. The first-order chi connectivity index (χ1) is 15.4. The molecule has 0 amide bonds. The fourth-order valence-electron chi connectivity index (χ4n) is 3.79. The molecule has 0 saturated carbocycles. The largest absolute Gasteiger partial charge is 0.436 e. The van der Waals surface area contributed by atoms with Crippen LogP contribution in [0.25, 0.3) is 10.9 Å². The Hall–Kier alpha value is -3.66. The van der Waals surface area contributed by atoms with Crippen molar-refractivity contribution in [3.05, 3.63) is 47.5 Å². The van der Waals surface area contributed by atoms with Gasteiger partial charge in [0.05, 0.1) is 0 Å². The second-order valence-electron chi connectivity index (χ2n) is 8.13. The predicted molar refractivity (Wildman–Crippen MR) is 121 cm³/mol. The Morgan fingerprint density at radius 1 is 1.03 bits per heavy atom. The van der Waals surface area contributed by atoms with E-state index < -0.39 is 5.82 Å². The van der Waals surface area contributed by atoms with Crippen molar-refractivity contribution in [2.24, 2.45) is 0 Å². The molecule has 9 nitrogen and oxygen atoms in total. The molecule has 3 N–H and O–H groups in total. The highest BCUT2D eigenvalue weighted by molar-refractivity contribution is 5.82. The highest BCUT2D eigenvalue weighted by Crippen LogP contribution is 2.32. The Bertz CT molecular complexity index is 1260. The molecule has 32 heavy (non-hydrogen) atoms. The first-order valence-corrected chi connectivity index (χ1v) is 10.5. The summed E-state index contributed by atoms with van der Waals surface area (Å²) < 4.78 is 21.0. The van der Waals surface area contributed by atoms with Gasteiger partial charge in [-0.3, -0.25) is 5.10 Å². The van der Waals surface area contributed by atoms with Gasteiger partial charge in [-0.15, -0.1) is 0 Å². The SMILES string of the molecule is Cc1cc(Nc2nc(Oc3ccc4[nH]c(C)cc4c3F)cc(N3CCN(C)CC3)n2)n[nH]1. The van der Waals surface area contributed by atoms with Crippen LogP contribution in [0.1, 0.15) is 11.4 Å². The monoisotopic (exact) mass is 436 g/mol. The third-order valence-corrected chi connectivity index (χ3v) is 5.51. The van der Waals surface area contributed by atoms with E-state index in [0.717, 1.165) is 48.9 Å². The molecule has 1 aromatic carbocycles. The van der Waals surface area contributed by atoms with Crippen molar-refractivity contribution in [2.45, 2.75) is 13.8 Å². The number of aromatic nitrogens is 5. The van der Waals surface area contributed by atoms with Crippen molar-refractivity contribution in [3.63, 3.8) is 0 Å². The molecule has 0 atom stereocenters. The van der Waals surface area contributed by atoms with E-state index >= 15 is 4.39 Å². The number of rotatable bonds is 5. The lowest BCUT2D eigenvalue weighted by Gasteiger charge is -2.33. The van der Waals surface area contributed by atoms with Crippen LogP contribution in [0.2, 0.25) is 0 Å². The van der Waals surface area contributed by atoms with Gasteiger partial charge in [0.1, 0.15) is 5.82 Å². The van der Waals surface area contributed by atoms with E-state index in [0.29, 0.717) is 17.2 Å². The summed E-state index contributed by atoms with van der Waals surface area (Å²) in [4.78, 5) is 16.7. The molecule has 0 spiro atoms. The van der Waals surface area contributed by atoms with Gasteiger partial charge in [-0.2, -0.15) is 15.1 Å². The summed E-state index contributed by atoms with van der Waals surface area (Å²) in [5.74, 6) is 1.59. The number of aryl methyl sites for hydroxylation is 2. The molecular weight excluding hydrogens is 411 g/mol. The lowest BCUT2D eigenvalue weighted by atomic mass is 10.2. The van der Waals surface area contributed by atoms with Gasteiger partial charge in [0.2, 0.25) is 11.8 Å². The summed E-state index contributed by atoms with van der Waals surface area (Å²) in [5.41, 5.74) is 2.53. The number of piperazine rings is 1. The first kappa shape index (κ1) is 20.3. The van der Waals surface area contributed by atoms with E-state index in [4.69, 9.17) is 4.74 Å². The average molecular weight is 436 g/mol.